The molecule has 0 aliphatic carbocycles. The maximum atomic E-state index is 13.2. The summed E-state index contributed by atoms with van der Waals surface area (Å²) in [5.41, 5.74) is 0.968. The first-order chi connectivity index (χ1) is 6.52. The zero-order chi connectivity index (χ0) is 10.7. The number of aryl methyl sites for hydroxylation is 1. The molecule has 0 radical (unpaired) electrons. The molecule has 0 aliphatic heterocycles. The normalized spacial score (nSPS) is 12.3. The minimum atomic E-state index is -0.411. The van der Waals surface area contributed by atoms with E-state index in [1.807, 2.05) is 0 Å². The number of rotatable bonds is 2. The van der Waals surface area contributed by atoms with Gasteiger partial charge in [0.2, 0.25) is 5.91 Å². The van der Waals surface area contributed by atoms with Gasteiger partial charge in [-0.3, -0.25) is 4.79 Å². The van der Waals surface area contributed by atoms with Crippen LogP contribution in [0.1, 0.15) is 12.5 Å². The van der Waals surface area contributed by atoms with Gasteiger partial charge in [0.25, 0.3) is 0 Å². The zero-order valence-electron chi connectivity index (χ0n) is 7.97. The second kappa shape index (κ2) is 4.55. The number of halogens is 2. The number of nitrogens with one attached hydrogen (secondary N) is 1. The summed E-state index contributed by atoms with van der Waals surface area (Å²) >= 11 is 3.11. The van der Waals surface area contributed by atoms with E-state index in [2.05, 4.69) is 21.2 Å². The van der Waals surface area contributed by atoms with E-state index in [1.165, 1.54) is 6.07 Å². The standard InChI is InChI=1S/C10H11BrFNO/c1-6-4-3-5-8(12)9(6)13-10(14)7(2)11/h3-5,7H,1-2H3,(H,13,14). The second-order valence-electron chi connectivity index (χ2n) is 3.04. The number of para-hydroxylation sites is 1. The predicted octanol–water partition coefficient (Wildman–Crippen LogP) is 2.86. The number of anilines is 1. The van der Waals surface area contributed by atoms with Crippen LogP contribution in [0.25, 0.3) is 0 Å². The van der Waals surface area contributed by atoms with E-state index in [1.54, 1.807) is 26.0 Å². The van der Waals surface area contributed by atoms with Crippen molar-refractivity contribution in [1.82, 2.24) is 0 Å². The van der Waals surface area contributed by atoms with Crippen LogP contribution in [0, 0.1) is 12.7 Å². The molecule has 1 atom stereocenters. The van der Waals surface area contributed by atoms with Crippen LogP contribution in [-0.2, 0) is 4.79 Å². The third kappa shape index (κ3) is 2.54. The summed E-state index contributed by atoms with van der Waals surface area (Å²) in [5.74, 6) is -0.662. The molecule has 0 heterocycles. The molecule has 0 bridgehead atoms. The van der Waals surface area contributed by atoms with Crippen molar-refractivity contribution in [2.24, 2.45) is 0 Å². The Hall–Kier alpha value is -0.900. The molecule has 1 N–H and O–H groups in total. The Kier molecular flexibility index (Phi) is 3.63. The fourth-order valence-electron chi connectivity index (χ4n) is 1.01. The van der Waals surface area contributed by atoms with Gasteiger partial charge in [-0.05, 0) is 25.5 Å². The lowest BCUT2D eigenvalue weighted by atomic mass is 10.2. The maximum absolute atomic E-state index is 13.2. The summed E-state index contributed by atoms with van der Waals surface area (Å²) in [5, 5.41) is 2.52. The second-order valence-corrected chi connectivity index (χ2v) is 4.41. The van der Waals surface area contributed by atoms with Gasteiger partial charge in [-0.2, -0.15) is 0 Å². The zero-order valence-corrected chi connectivity index (χ0v) is 9.56. The van der Waals surface area contributed by atoms with Gasteiger partial charge in [0.05, 0.1) is 10.5 Å². The summed E-state index contributed by atoms with van der Waals surface area (Å²) < 4.78 is 13.2. The molecule has 1 amide bonds. The summed E-state index contributed by atoms with van der Waals surface area (Å²) in [4.78, 5) is 11.0. The summed E-state index contributed by atoms with van der Waals surface area (Å²) in [6, 6.07) is 4.68. The van der Waals surface area contributed by atoms with Crippen molar-refractivity contribution in [2.75, 3.05) is 5.32 Å². The highest BCUT2D eigenvalue weighted by molar-refractivity contribution is 9.10. The van der Waals surface area contributed by atoms with Crippen LogP contribution in [0.15, 0.2) is 18.2 Å². The van der Waals surface area contributed by atoms with Gasteiger partial charge in [-0.25, -0.2) is 4.39 Å². The molecule has 0 saturated heterocycles. The fourth-order valence-corrected chi connectivity index (χ4v) is 1.13. The van der Waals surface area contributed by atoms with Gasteiger partial charge >= 0.3 is 0 Å². The number of carbonyl (C=O) groups excluding carboxylic acids is 1. The number of hydrogen-bond donors (Lipinski definition) is 1. The average Bonchev–Trinajstić information content (AvgIpc) is 2.11. The first-order valence-electron chi connectivity index (χ1n) is 4.22. The van der Waals surface area contributed by atoms with Crippen LogP contribution >= 0.6 is 15.9 Å². The van der Waals surface area contributed by atoms with Gasteiger partial charge in [0, 0.05) is 0 Å². The smallest absolute Gasteiger partial charge is 0.237 e. The number of amides is 1. The van der Waals surface area contributed by atoms with Crippen molar-refractivity contribution in [1.29, 1.82) is 0 Å². The van der Waals surface area contributed by atoms with Gasteiger partial charge < -0.3 is 5.32 Å². The minimum absolute atomic E-state index is 0.252. The Morgan fingerprint density at radius 3 is 2.71 bits per heavy atom. The van der Waals surface area contributed by atoms with Gasteiger partial charge in [0.15, 0.2) is 0 Å². The van der Waals surface area contributed by atoms with Crippen LogP contribution in [0.3, 0.4) is 0 Å². The van der Waals surface area contributed by atoms with E-state index in [9.17, 15) is 9.18 Å². The third-order valence-electron chi connectivity index (χ3n) is 1.83. The van der Waals surface area contributed by atoms with Crippen molar-refractivity contribution in [2.45, 2.75) is 18.7 Å². The van der Waals surface area contributed by atoms with Crippen LogP contribution in [0.4, 0.5) is 10.1 Å². The van der Waals surface area contributed by atoms with Crippen LogP contribution < -0.4 is 5.32 Å². The van der Waals surface area contributed by atoms with Gasteiger partial charge in [0.1, 0.15) is 5.82 Å². The lowest BCUT2D eigenvalue weighted by Gasteiger charge is -2.10. The molecule has 1 aromatic carbocycles. The first-order valence-corrected chi connectivity index (χ1v) is 5.14. The number of carbonyl (C=O) groups is 1. The first kappa shape index (κ1) is 11.2. The molecule has 0 saturated carbocycles. The molecule has 14 heavy (non-hydrogen) atoms. The SMILES string of the molecule is Cc1cccc(F)c1NC(=O)C(C)Br. The van der Waals surface area contributed by atoms with Crippen molar-refractivity contribution in [3.63, 3.8) is 0 Å². The fraction of sp³-hybridized carbons (Fsp3) is 0.300. The molecule has 2 nitrogen and oxygen atoms in total. The molecule has 0 aliphatic rings. The highest BCUT2D eigenvalue weighted by Crippen LogP contribution is 2.19. The molecule has 1 aromatic rings. The topological polar surface area (TPSA) is 29.1 Å². The van der Waals surface area contributed by atoms with Crippen molar-refractivity contribution in [3.8, 4) is 0 Å². The van der Waals surface area contributed by atoms with Crippen molar-refractivity contribution >= 4 is 27.5 Å². The molecule has 0 spiro atoms. The largest absolute Gasteiger partial charge is 0.322 e. The van der Waals surface area contributed by atoms with Crippen LogP contribution in [-0.4, -0.2) is 10.7 Å². The Bertz CT molecular complexity index is 332. The van der Waals surface area contributed by atoms with E-state index >= 15 is 0 Å². The predicted molar refractivity (Wildman–Crippen MR) is 58.2 cm³/mol. The van der Waals surface area contributed by atoms with Gasteiger partial charge in [-0.1, -0.05) is 28.1 Å². The number of alkyl halides is 1. The van der Waals surface area contributed by atoms with Crippen LogP contribution in [0.2, 0.25) is 0 Å². The Balaban J connectivity index is 2.91. The molecule has 4 heteroatoms. The average molecular weight is 260 g/mol. The van der Waals surface area contributed by atoms with E-state index in [0.29, 0.717) is 5.56 Å². The van der Waals surface area contributed by atoms with E-state index in [-0.39, 0.29) is 16.4 Å². The Morgan fingerprint density at radius 1 is 1.57 bits per heavy atom. The van der Waals surface area contributed by atoms with Crippen molar-refractivity contribution in [3.05, 3.63) is 29.6 Å². The van der Waals surface area contributed by atoms with Gasteiger partial charge in [-0.15, -0.1) is 0 Å². The quantitative estimate of drug-likeness (QED) is 0.814. The Labute approximate surface area is 90.6 Å². The lowest BCUT2D eigenvalue weighted by molar-refractivity contribution is -0.115. The monoisotopic (exact) mass is 259 g/mol. The third-order valence-corrected chi connectivity index (χ3v) is 2.25. The summed E-state index contributed by atoms with van der Waals surface area (Å²) in [6.45, 7) is 3.43. The molecule has 0 aromatic heterocycles. The highest BCUT2D eigenvalue weighted by Gasteiger charge is 2.12. The summed E-state index contributed by atoms with van der Waals surface area (Å²) in [7, 11) is 0. The molecule has 1 unspecified atom stereocenters. The van der Waals surface area contributed by atoms with E-state index < -0.39 is 5.82 Å². The lowest BCUT2D eigenvalue weighted by Crippen LogP contribution is -2.21. The summed E-state index contributed by atoms with van der Waals surface area (Å²) in [6.07, 6.45) is 0. The molecule has 76 valence electrons. The van der Waals surface area contributed by atoms with E-state index in [4.69, 9.17) is 0 Å². The van der Waals surface area contributed by atoms with E-state index in [0.717, 1.165) is 0 Å². The molecule has 1 rings (SSSR count). The maximum Gasteiger partial charge on any atom is 0.237 e. The Morgan fingerprint density at radius 2 is 2.21 bits per heavy atom. The number of hydrogen-bond acceptors (Lipinski definition) is 1. The highest BCUT2D eigenvalue weighted by atomic mass is 79.9. The molecular formula is C10H11BrFNO. The minimum Gasteiger partial charge on any atom is -0.322 e. The number of benzene rings is 1. The van der Waals surface area contributed by atoms with Crippen molar-refractivity contribution < 1.29 is 9.18 Å². The molecular weight excluding hydrogens is 249 g/mol. The van der Waals surface area contributed by atoms with Crippen LogP contribution in [0.5, 0.6) is 0 Å². The molecule has 0 fully saturated rings.